The molecule has 2 aromatic rings. The molecule has 0 spiro atoms. The first kappa shape index (κ1) is 19.3. The number of nitrogens with one attached hydrogen (secondary N) is 2. The second-order valence-electron chi connectivity index (χ2n) is 6.47. The van der Waals surface area contributed by atoms with E-state index in [4.69, 9.17) is 4.74 Å². The zero-order valence-corrected chi connectivity index (χ0v) is 15.3. The maximum atomic E-state index is 12.4. The molecule has 3 rings (SSSR count). The van der Waals surface area contributed by atoms with E-state index in [0.717, 1.165) is 0 Å². The number of hydrogen-bond acceptors (Lipinski definition) is 6. The third-order valence-corrected chi connectivity index (χ3v) is 4.37. The van der Waals surface area contributed by atoms with E-state index >= 15 is 0 Å². The fourth-order valence-electron chi connectivity index (χ4n) is 2.99. The van der Waals surface area contributed by atoms with Crippen LogP contribution in [-0.2, 0) is 4.79 Å². The number of hydrogen-bond donors (Lipinski definition) is 2. The van der Waals surface area contributed by atoms with Crippen molar-refractivity contribution in [2.24, 2.45) is 0 Å². The van der Waals surface area contributed by atoms with Gasteiger partial charge in [0.1, 0.15) is 11.4 Å². The van der Waals surface area contributed by atoms with E-state index in [2.05, 4.69) is 15.5 Å². The smallest absolute Gasteiger partial charge is 0.308 e. The molecular formula is C19H20N4O5. The fraction of sp³-hybridized carbons (Fsp3) is 0.316. The molecule has 9 nitrogen and oxygen atoms in total. The van der Waals surface area contributed by atoms with Crippen molar-refractivity contribution in [1.82, 2.24) is 20.4 Å². The lowest BCUT2D eigenvalue weighted by atomic mass is 10.0. The quantitative estimate of drug-likeness (QED) is 0.592. The molecule has 146 valence electrons. The Morgan fingerprint density at radius 3 is 2.57 bits per heavy atom. The molecule has 0 bridgehead atoms. The van der Waals surface area contributed by atoms with Crippen LogP contribution in [0.2, 0.25) is 0 Å². The van der Waals surface area contributed by atoms with Crippen LogP contribution in [0.15, 0.2) is 41.2 Å². The Kier molecular flexibility index (Phi) is 5.83. The lowest BCUT2D eigenvalue weighted by molar-refractivity contribution is -0.131. The number of rotatable bonds is 4. The van der Waals surface area contributed by atoms with Crippen molar-refractivity contribution in [1.29, 1.82) is 0 Å². The molecule has 0 unspecified atom stereocenters. The molecule has 0 saturated carbocycles. The van der Waals surface area contributed by atoms with Crippen molar-refractivity contribution in [3.63, 3.8) is 0 Å². The minimum atomic E-state index is -0.452. The summed E-state index contributed by atoms with van der Waals surface area (Å²) in [6.45, 7) is 2.24. The van der Waals surface area contributed by atoms with Gasteiger partial charge in [-0.3, -0.25) is 19.2 Å². The van der Waals surface area contributed by atoms with Crippen LogP contribution < -0.4 is 15.6 Å². The molecule has 9 heteroatoms. The average Bonchev–Trinajstić information content (AvgIpc) is 2.68. The molecule has 1 saturated heterocycles. The molecule has 0 atom stereocenters. The van der Waals surface area contributed by atoms with E-state index in [1.165, 1.54) is 25.1 Å². The van der Waals surface area contributed by atoms with Crippen LogP contribution in [0.1, 0.15) is 40.6 Å². The summed E-state index contributed by atoms with van der Waals surface area (Å²) in [7, 11) is 0. The molecule has 1 fully saturated rings. The molecule has 2 heterocycles. The van der Waals surface area contributed by atoms with Gasteiger partial charge in [0.25, 0.3) is 17.4 Å². The zero-order valence-electron chi connectivity index (χ0n) is 15.3. The average molecular weight is 384 g/mol. The monoisotopic (exact) mass is 384 g/mol. The topological polar surface area (TPSA) is 121 Å². The lowest BCUT2D eigenvalue weighted by Gasteiger charge is -2.32. The molecule has 2 amide bonds. The Bertz CT molecular complexity index is 927. The third kappa shape index (κ3) is 4.81. The highest BCUT2D eigenvalue weighted by molar-refractivity contribution is 5.95. The Labute approximate surface area is 160 Å². The van der Waals surface area contributed by atoms with E-state index in [1.54, 1.807) is 23.1 Å². The number of amides is 2. The van der Waals surface area contributed by atoms with Gasteiger partial charge in [-0.05, 0) is 37.1 Å². The first-order chi connectivity index (χ1) is 13.4. The van der Waals surface area contributed by atoms with Crippen LogP contribution in [0.25, 0.3) is 0 Å². The summed E-state index contributed by atoms with van der Waals surface area (Å²) in [6.07, 6.45) is 1.20. The van der Waals surface area contributed by atoms with Gasteiger partial charge in [0.15, 0.2) is 0 Å². The number of carbonyl (C=O) groups excluding carboxylic acids is 3. The van der Waals surface area contributed by atoms with Crippen molar-refractivity contribution in [3.05, 3.63) is 58.0 Å². The van der Waals surface area contributed by atoms with E-state index in [-0.39, 0.29) is 29.1 Å². The second-order valence-corrected chi connectivity index (χ2v) is 6.47. The summed E-state index contributed by atoms with van der Waals surface area (Å²) < 4.78 is 4.99. The van der Waals surface area contributed by atoms with Crippen LogP contribution in [0, 0.1) is 0 Å². The van der Waals surface area contributed by atoms with E-state index in [1.807, 2.05) is 0 Å². The fourth-order valence-corrected chi connectivity index (χ4v) is 2.99. The van der Waals surface area contributed by atoms with Gasteiger partial charge in [-0.25, -0.2) is 5.10 Å². The predicted octanol–water partition coefficient (Wildman–Crippen LogP) is 0.730. The van der Waals surface area contributed by atoms with Gasteiger partial charge >= 0.3 is 5.97 Å². The molecule has 28 heavy (non-hydrogen) atoms. The Balaban J connectivity index is 1.54. The largest absolute Gasteiger partial charge is 0.427 e. The Morgan fingerprint density at radius 1 is 1.18 bits per heavy atom. The number of aromatic nitrogens is 2. The number of esters is 1. The predicted molar refractivity (Wildman–Crippen MR) is 99.0 cm³/mol. The highest BCUT2D eigenvalue weighted by Gasteiger charge is 2.25. The summed E-state index contributed by atoms with van der Waals surface area (Å²) in [5, 5.41) is 8.94. The summed E-state index contributed by atoms with van der Waals surface area (Å²) in [4.78, 5) is 48.6. The van der Waals surface area contributed by atoms with Crippen LogP contribution in [0.5, 0.6) is 5.75 Å². The number of aromatic amines is 1. The van der Waals surface area contributed by atoms with Crippen molar-refractivity contribution in [3.8, 4) is 5.75 Å². The van der Waals surface area contributed by atoms with E-state index < -0.39 is 5.97 Å². The summed E-state index contributed by atoms with van der Waals surface area (Å²) in [5.41, 5.74) is 0.217. The summed E-state index contributed by atoms with van der Waals surface area (Å²) >= 11 is 0. The maximum absolute atomic E-state index is 12.4. The maximum Gasteiger partial charge on any atom is 0.308 e. The minimum Gasteiger partial charge on any atom is -0.427 e. The van der Waals surface area contributed by atoms with Gasteiger partial charge in [0, 0.05) is 37.7 Å². The molecule has 1 aromatic carbocycles. The third-order valence-electron chi connectivity index (χ3n) is 4.37. The number of ether oxygens (including phenoxy) is 1. The molecular weight excluding hydrogens is 364 g/mol. The van der Waals surface area contributed by atoms with Gasteiger partial charge in [0.05, 0.1) is 0 Å². The van der Waals surface area contributed by atoms with Gasteiger partial charge < -0.3 is 15.0 Å². The van der Waals surface area contributed by atoms with E-state index in [9.17, 15) is 19.2 Å². The molecule has 0 radical (unpaired) electrons. The van der Waals surface area contributed by atoms with Crippen molar-refractivity contribution >= 4 is 17.8 Å². The highest BCUT2D eigenvalue weighted by atomic mass is 16.5. The number of carbonyl (C=O) groups is 3. The Morgan fingerprint density at radius 2 is 1.93 bits per heavy atom. The summed E-state index contributed by atoms with van der Waals surface area (Å²) in [5.74, 6) is -0.656. The molecule has 0 aliphatic carbocycles. The first-order valence-corrected chi connectivity index (χ1v) is 8.87. The second kappa shape index (κ2) is 8.47. The van der Waals surface area contributed by atoms with Crippen LogP contribution >= 0.6 is 0 Å². The van der Waals surface area contributed by atoms with Crippen molar-refractivity contribution in [2.45, 2.75) is 25.8 Å². The summed E-state index contributed by atoms with van der Waals surface area (Å²) in [6, 6.07) is 8.98. The van der Waals surface area contributed by atoms with Gasteiger partial charge in [-0.1, -0.05) is 6.07 Å². The number of H-pyrrole nitrogens is 1. The first-order valence-electron chi connectivity index (χ1n) is 8.87. The number of benzene rings is 1. The van der Waals surface area contributed by atoms with Crippen LogP contribution in [0.4, 0.5) is 0 Å². The number of likely N-dealkylation sites (tertiary alicyclic amines) is 1. The normalized spacial score (nSPS) is 14.4. The van der Waals surface area contributed by atoms with E-state index in [0.29, 0.717) is 37.2 Å². The minimum absolute atomic E-state index is 0.0718. The van der Waals surface area contributed by atoms with Gasteiger partial charge in [-0.2, -0.15) is 5.10 Å². The highest BCUT2D eigenvalue weighted by Crippen LogP contribution is 2.16. The van der Waals surface area contributed by atoms with Gasteiger partial charge in [0.2, 0.25) is 0 Å². The zero-order chi connectivity index (χ0) is 20.1. The van der Waals surface area contributed by atoms with Crippen LogP contribution in [0.3, 0.4) is 0 Å². The molecule has 1 aliphatic rings. The van der Waals surface area contributed by atoms with Crippen molar-refractivity contribution in [2.75, 3.05) is 13.1 Å². The lowest BCUT2D eigenvalue weighted by Crippen LogP contribution is -2.46. The molecule has 1 aliphatic heterocycles. The molecule has 1 aromatic heterocycles. The van der Waals surface area contributed by atoms with Gasteiger partial charge in [-0.15, -0.1) is 0 Å². The molecule has 2 N–H and O–H groups in total. The van der Waals surface area contributed by atoms with Crippen molar-refractivity contribution < 1.29 is 19.1 Å². The number of nitrogens with zero attached hydrogens (tertiary/aromatic N) is 2. The standard InChI is InChI=1S/C19H20N4O5/c1-12(24)28-15-4-2-3-13(11-15)18(26)20-14-7-9-23(10-8-14)19(27)16-5-6-17(25)22-21-16/h2-6,11,14H,7-10H2,1H3,(H,20,26)(H,22,25). The van der Waals surface area contributed by atoms with Crippen LogP contribution in [-0.4, -0.2) is 52.0 Å². The number of piperidine rings is 1. The Hall–Kier alpha value is -3.49. The SMILES string of the molecule is CC(=O)Oc1cccc(C(=O)NC2CCN(C(=O)c3ccc(=O)[nH]n3)CC2)c1.